The molecular formula is C14H16F4N2. The van der Waals surface area contributed by atoms with Crippen LogP contribution in [0.4, 0.5) is 17.6 Å². The number of hydrogen-bond acceptors (Lipinski definition) is 2. The molecule has 0 spiro atoms. The molecule has 0 aliphatic carbocycles. The highest BCUT2D eigenvalue weighted by Crippen LogP contribution is 2.32. The zero-order chi connectivity index (χ0) is 14.8. The lowest BCUT2D eigenvalue weighted by atomic mass is 10.0. The number of benzene rings is 1. The smallest absolute Gasteiger partial charge is 0.314 e. The van der Waals surface area contributed by atoms with Crippen LogP contribution in [0.1, 0.15) is 17.2 Å². The van der Waals surface area contributed by atoms with Crippen molar-refractivity contribution in [2.45, 2.75) is 12.2 Å². The van der Waals surface area contributed by atoms with Gasteiger partial charge in [-0.15, -0.1) is 6.58 Å². The molecule has 1 heterocycles. The van der Waals surface area contributed by atoms with E-state index in [0.29, 0.717) is 19.2 Å². The van der Waals surface area contributed by atoms with Crippen LogP contribution in [0.3, 0.4) is 0 Å². The molecule has 110 valence electrons. The van der Waals surface area contributed by atoms with Crippen LogP contribution in [0.25, 0.3) is 0 Å². The second-order valence-corrected chi connectivity index (χ2v) is 4.70. The summed E-state index contributed by atoms with van der Waals surface area (Å²) in [5.74, 6) is -0.844. The fraction of sp³-hybridized carbons (Fsp3) is 0.429. The van der Waals surface area contributed by atoms with Gasteiger partial charge >= 0.3 is 6.18 Å². The van der Waals surface area contributed by atoms with Gasteiger partial charge in [-0.05, 0) is 12.1 Å². The minimum atomic E-state index is -4.53. The number of nitrogens with one attached hydrogen (secondary N) is 1. The van der Waals surface area contributed by atoms with E-state index in [1.165, 1.54) is 6.07 Å². The van der Waals surface area contributed by atoms with Crippen LogP contribution in [-0.4, -0.2) is 31.1 Å². The minimum Gasteiger partial charge on any atom is -0.314 e. The molecule has 1 aromatic carbocycles. The van der Waals surface area contributed by atoms with Gasteiger partial charge in [-0.25, -0.2) is 4.39 Å². The lowest BCUT2D eigenvalue weighted by Crippen LogP contribution is -2.44. The number of piperazine rings is 1. The summed E-state index contributed by atoms with van der Waals surface area (Å²) in [6.07, 6.45) is -2.96. The van der Waals surface area contributed by atoms with Crippen LogP contribution in [0.5, 0.6) is 0 Å². The Labute approximate surface area is 115 Å². The number of hydrogen-bond donors (Lipinski definition) is 1. The average Bonchev–Trinajstić information content (AvgIpc) is 2.41. The minimum absolute atomic E-state index is 0.231. The molecule has 0 unspecified atom stereocenters. The predicted molar refractivity (Wildman–Crippen MR) is 68.8 cm³/mol. The van der Waals surface area contributed by atoms with Gasteiger partial charge in [0.05, 0.1) is 11.6 Å². The summed E-state index contributed by atoms with van der Waals surface area (Å²) in [4.78, 5) is 2.00. The first-order valence-corrected chi connectivity index (χ1v) is 6.37. The molecule has 1 aliphatic heterocycles. The number of nitrogens with zero attached hydrogens (tertiary/aromatic N) is 1. The van der Waals surface area contributed by atoms with E-state index < -0.39 is 23.6 Å². The SMILES string of the molecule is C=C[C@H](c1ccc(C(F)(F)F)cc1F)N1CCNCC1. The standard InChI is InChI=1S/C14H16F4N2/c1-2-13(20-7-5-19-6-8-20)11-4-3-10(9-12(11)15)14(16,17)18/h2-4,9,13,19H,1,5-8H2/t13-/m1/s1. The van der Waals surface area contributed by atoms with E-state index in [1.54, 1.807) is 6.08 Å². The summed E-state index contributed by atoms with van der Waals surface area (Å²) >= 11 is 0. The van der Waals surface area contributed by atoms with Crippen molar-refractivity contribution in [3.05, 3.63) is 47.8 Å². The molecule has 1 atom stereocenters. The third-order valence-electron chi connectivity index (χ3n) is 3.41. The molecule has 2 nitrogen and oxygen atoms in total. The first-order chi connectivity index (χ1) is 9.43. The highest BCUT2D eigenvalue weighted by molar-refractivity contribution is 5.30. The third kappa shape index (κ3) is 3.19. The molecule has 0 amide bonds. The van der Waals surface area contributed by atoms with Crippen molar-refractivity contribution in [2.24, 2.45) is 0 Å². The summed E-state index contributed by atoms with van der Waals surface area (Å²) in [7, 11) is 0. The molecule has 1 fully saturated rings. The Bertz CT molecular complexity index is 479. The molecule has 0 radical (unpaired) electrons. The summed E-state index contributed by atoms with van der Waals surface area (Å²) in [5.41, 5.74) is -0.739. The lowest BCUT2D eigenvalue weighted by molar-refractivity contribution is -0.137. The van der Waals surface area contributed by atoms with E-state index in [2.05, 4.69) is 11.9 Å². The molecule has 1 N–H and O–H groups in total. The van der Waals surface area contributed by atoms with Crippen LogP contribution in [0.15, 0.2) is 30.9 Å². The molecule has 1 aliphatic rings. The number of halogens is 4. The Kier molecular flexibility index (Phi) is 4.45. The maximum atomic E-state index is 14.0. The maximum absolute atomic E-state index is 14.0. The average molecular weight is 288 g/mol. The first kappa shape index (κ1) is 15.0. The fourth-order valence-electron chi connectivity index (χ4n) is 2.38. The van der Waals surface area contributed by atoms with E-state index in [1.807, 2.05) is 4.90 Å². The Hall–Kier alpha value is -1.40. The Morgan fingerprint density at radius 3 is 2.40 bits per heavy atom. The van der Waals surface area contributed by atoms with Gasteiger partial charge in [0.2, 0.25) is 0 Å². The van der Waals surface area contributed by atoms with Crippen LogP contribution < -0.4 is 5.32 Å². The van der Waals surface area contributed by atoms with E-state index in [9.17, 15) is 17.6 Å². The van der Waals surface area contributed by atoms with Crippen LogP contribution in [0.2, 0.25) is 0 Å². The van der Waals surface area contributed by atoms with Crippen molar-refractivity contribution >= 4 is 0 Å². The highest BCUT2D eigenvalue weighted by Gasteiger charge is 2.32. The van der Waals surface area contributed by atoms with E-state index >= 15 is 0 Å². The summed E-state index contributed by atoms with van der Waals surface area (Å²) in [6, 6.07) is 2.26. The third-order valence-corrected chi connectivity index (χ3v) is 3.41. The zero-order valence-electron chi connectivity index (χ0n) is 10.9. The van der Waals surface area contributed by atoms with Crippen molar-refractivity contribution in [2.75, 3.05) is 26.2 Å². The first-order valence-electron chi connectivity index (χ1n) is 6.37. The number of rotatable bonds is 3. The van der Waals surface area contributed by atoms with Gasteiger partial charge in [-0.3, -0.25) is 4.90 Å². The molecule has 6 heteroatoms. The molecule has 0 saturated carbocycles. The topological polar surface area (TPSA) is 15.3 Å². The van der Waals surface area contributed by atoms with Crippen molar-refractivity contribution in [1.29, 1.82) is 0 Å². The molecule has 0 aromatic heterocycles. The van der Waals surface area contributed by atoms with Gasteiger partial charge < -0.3 is 5.32 Å². The van der Waals surface area contributed by atoms with Gasteiger partial charge in [-0.2, -0.15) is 13.2 Å². The van der Waals surface area contributed by atoms with Crippen LogP contribution in [0, 0.1) is 5.82 Å². The predicted octanol–water partition coefficient (Wildman–Crippen LogP) is 2.98. The Morgan fingerprint density at radius 2 is 1.90 bits per heavy atom. The summed E-state index contributed by atoms with van der Waals surface area (Å²) in [6.45, 7) is 6.63. The zero-order valence-corrected chi connectivity index (χ0v) is 10.9. The van der Waals surface area contributed by atoms with E-state index in [4.69, 9.17) is 0 Å². The maximum Gasteiger partial charge on any atom is 0.416 e. The lowest BCUT2D eigenvalue weighted by Gasteiger charge is -2.33. The highest BCUT2D eigenvalue weighted by atomic mass is 19.4. The van der Waals surface area contributed by atoms with Crippen molar-refractivity contribution < 1.29 is 17.6 Å². The Morgan fingerprint density at radius 1 is 1.25 bits per heavy atom. The molecule has 0 bridgehead atoms. The molecule has 1 saturated heterocycles. The van der Waals surface area contributed by atoms with Gasteiger partial charge in [-0.1, -0.05) is 12.1 Å². The molecule has 1 aromatic rings. The molecular weight excluding hydrogens is 272 g/mol. The molecule has 2 rings (SSSR count). The summed E-state index contributed by atoms with van der Waals surface area (Å²) in [5, 5.41) is 3.17. The van der Waals surface area contributed by atoms with Crippen LogP contribution in [-0.2, 0) is 6.18 Å². The quantitative estimate of drug-likeness (QED) is 0.679. The normalized spacial score (nSPS) is 18.8. The largest absolute Gasteiger partial charge is 0.416 e. The second kappa shape index (κ2) is 5.93. The van der Waals surface area contributed by atoms with Crippen molar-refractivity contribution in [1.82, 2.24) is 10.2 Å². The monoisotopic (exact) mass is 288 g/mol. The molecule has 20 heavy (non-hydrogen) atoms. The Balaban J connectivity index is 2.28. The van der Waals surface area contributed by atoms with Gasteiger partial charge in [0, 0.05) is 31.7 Å². The van der Waals surface area contributed by atoms with Gasteiger partial charge in [0.1, 0.15) is 5.82 Å². The summed E-state index contributed by atoms with van der Waals surface area (Å²) < 4.78 is 51.6. The second-order valence-electron chi connectivity index (χ2n) is 4.70. The van der Waals surface area contributed by atoms with E-state index in [-0.39, 0.29) is 5.56 Å². The fourth-order valence-corrected chi connectivity index (χ4v) is 2.38. The number of alkyl halides is 3. The van der Waals surface area contributed by atoms with Crippen molar-refractivity contribution in [3.63, 3.8) is 0 Å². The van der Waals surface area contributed by atoms with Crippen molar-refractivity contribution in [3.8, 4) is 0 Å². The van der Waals surface area contributed by atoms with Gasteiger partial charge in [0.25, 0.3) is 0 Å². The van der Waals surface area contributed by atoms with Crippen LogP contribution >= 0.6 is 0 Å². The van der Waals surface area contributed by atoms with Gasteiger partial charge in [0.15, 0.2) is 0 Å². The van der Waals surface area contributed by atoms with E-state index in [0.717, 1.165) is 19.2 Å².